The Morgan fingerprint density at radius 3 is 2.74 bits per heavy atom. The van der Waals surface area contributed by atoms with Crippen molar-refractivity contribution in [2.45, 2.75) is 51.2 Å². The van der Waals surface area contributed by atoms with Gasteiger partial charge in [0, 0.05) is 45.3 Å². The summed E-state index contributed by atoms with van der Waals surface area (Å²) in [6.07, 6.45) is 5.89. The molecule has 1 aromatic carbocycles. The first-order valence-electron chi connectivity index (χ1n) is 11.3. The van der Waals surface area contributed by atoms with Gasteiger partial charge in [-0.05, 0) is 44.7 Å². The Morgan fingerprint density at radius 1 is 1.23 bits per heavy atom. The van der Waals surface area contributed by atoms with Gasteiger partial charge in [0.25, 0.3) is 0 Å². The molecule has 0 saturated carbocycles. The van der Waals surface area contributed by atoms with Gasteiger partial charge in [-0.15, -0.1) is 24.0 Å². The van der Waals surface area contributed by atoms with Crippen molar-refractivity contribution in [3.63, 3.8) is 0 Å². The maximum atomic E-state index is 6.09. The molecule has 31 heavy (non-hydrogen) atoms. The van der Waals surface area contributed by atoms with Gasteiger partial charge < -0.3 is 29.2 Å². The van der Waals surface area contributed by atoms with Crippen molar-refractivity contribution in [3.8, 4) is 11.5 Å². The minimum Gasteiger partial charge on any atom is -0.497 e. The van der Waals surface area contributed by atoms with Gasteiger partial charge in [-0.25, -0.2) is 0 Å². The van der Waals surface area contributed by atoms with E-state index in [9.17, 15) is 0 Å². The number of hydrogen-bond acceptors (Lipinski definition) is 5. The summed E-state index contributed by atoms with van der Waals surface area (Å²) in [7, 11) is 1.66. The van der Waals surface area contributed by atoms with Crippen molar-refractivity contribution < 1.29 is 18.9 Å². The van der Waals surface area contributed by atoms with E-state index in [0.29, 0.717) is 18.8 Å². The average Bonchev–Trinajstić information content (AvgIpc) is 3.31. The second-order valence-corrected chi connectivity index (χ2v) is 7.77. The number of piperidine rings is 1. The molecule has 0 amide bonds. The maximum Gasteiger partial charge on any atom is 0.193 e. The fraction of sp³-hybridized carbons (Fsp3) is 0.696. The van der Waals surface area contributed by atoms with Crippen LogP contribution >= 0.6 is 24.0 Å². The molecular weight excluding hydrogens is 509 g/mol. The van der Waals surface area contributed by atoms with Crippen LogP contribution in [-0.4, -0.2) is 76.2 Å². The van der Waals surface area contributed by atoms with Crippen molar-refractivity contribution in [1.29, 1.82) is 0 Å². The third kappa shape index (κ3) is 9.02. The molecule has 1 atom stereocenters. The van der Waals surface area contributed by atoms with Gasteiger partial charge in [0.2, 0.25) is 0 Å². The smallest absolute Gasteiger partial charge is 0.193 e. The van der Waals surface area contributed by atoms with E-state index in [2.05, 4.69) is 17.1 Å². The number of benzene rings is 1. The molecule has 2 saturated heterocycles. The van der Waals surface area contributed by atoms with Crippen molar-refractivity contribution in [2.24, 2.45) is 4.99 Å². The zero-order chi connectivity index (χ0) is 21.0. The number of guanidine groups is 1. The first-order valence-corrected chi connectivity index (χ1v) is 11.3. The summed E-state index contributed by atoms with van der Waals surface area (Å²) in [6, 6.07) is 7.69. The number of methoxy groups -OCH3 is 1. The highest BCUT2D eigenvalue weighted by Gasteiger charge is 2.24. The van der Waals surface area contributed by atoms with E-state index in [-0.39, 0.29) is 24.0 Å². The highest BCUT2D eigenvalue weighted by molar-refractivity contribution is 14.0. The Bertz CT molecular complexity index is 647. The molecule has 0 bridgehead atoms. The molecule has 176 valence electrons. The zero-order valence-electron chi connectivity index (χ0n) is 18.9. The van der Waals surface area contributed by atoms with Crippen molar-refractivity contribution in [3.05, 3.63) is 24.3 Å². The van der Waals surface area contributed by atoms with Crippen LogP contribution in [0, 0.1) is 0 Å². The second kappa shape index (κ2) is 14.7. The number of nitrogens with one attached hydrogen (secondary N) is 1. The number of aliphatic imine (C=N–C) groups is 1. The molecule has 0 aromatic heterocycles. The molecule has 2 heterocycles. The number of rotatable bonds is 10. The molecule has 7 nitrogen and oxygen atoms in total. The number of ether oxygens (including phenoxy) is 4. The lowest BCUT2D eigenvalue weighted by atomic mass is 10.1. The van der Waals surface area contributed by atoms with Gasteiger partial charge in [0.05, 0.1) is 32.5 Å². The maximum absolute atomic E-state index is 6.09. The molecule has 2 fully saturated rings. The predicted molar refractivity (Wildman–Crippen MR) is 134 cm³/mol. The number of likely N-dealkylation sites (tertiary alicyclic amines) is 1. The topological polar surface area (TPSA) is 64.6 Å². The minimum absolute atomic E-state index is 0. The van der Waals surface area contributed by atoms with Gasteiger partial charge in [-0.2, -0.15) is 0 Å². The molecule has 1 unspecified atom stereocenters. The quantitative estimate of drug-likeness (QED) is 0.209. The van der Waals surface area contributed by atoms with Crippen LogP contribution in [0.25, 0.3) is 0 Å². The van der Waals surface area contributed by atoms with Gasteiger partial charge in [-0.1, -0.05) is 6.07 Å². The normalized spacial score (nSPS) is 19.7. The van der Waals surface area contributed by atoms with Crippen LogP contribution in [0.5, 0.6) is 11.5 Å². The number of nitrogens with zero attached hydrogens (tertiary/aromatic N) is 2. The van der Waals surface area contributed by atoms with E-state index < -0.39 is 0 Å². The van der Waals surface area contributed by atoms with Crippen molar-refractivity contribution >= 4 is 29.9 Å². The molecule has 1 aromatic rings. The summed E-state index contributed by atoms with van der Waals surface area (Å²) in [5.74, 6) is 2.63. The van der Waals surface area contributed by atoms with Crippen LogP contribution in [0.4, 0.5) is 0 Å². The average molecular weight is 547 g/mol. The monoisotopic (exact) mass is 547 g/mol. The summed E-state index contributed by atoms with van der Waals surface area (Å²) in [6.45, 7) is 7.93. The Morgan fingerprint density at radius 2 is 2.03 bits per heavy atom. The van der Waals surface area contributed by atoms with Crippen LogP contribution < -0.4 is 14.8 Å². The Labute approximate surface area is 203 Å². The Kier molecular flexibility index (Phi) is 12.4. The highest BCUT2D eigenvalue weighted by atomic mass is 127. The zero-order valence-corrected chi connectivity index (χ0v) is 21.2. The van der Waals surface area contributed by atoms with Crippen LogP contribution in [0.15, 0.2) is 29.3 Å². The standard InChI is InChI=1S/C23H37N3O4.HI/c1-3-24-23(25-12-6-16-28-21-8-4-7-20(17-21)27-2)26-13-10-19(11-14-26)30-18-22-9-5-15-29-22;/h4,7-8,17,19,22H,3,5-6,9-16,18H2,1-2H3,(H,24,25);1H. The van der Waals surface area contributed by atoms with Crippen molar-refractivity contribution in [1.82, 2.24) is 10.2 Å². The number of halogens is 1. The van der Waals surface area contributed by atoms with Crippen LogP contribution in [0.2, 0.25) is 0 Å². The summed E-state index contributed by atoms with van der Waals surface area (Å²) in [4.78, 5) is 7.15. The van der Waals surface area contributed by atoms with E-state index in [1.165, 1.54) is 6.42 Å². The lowest BCUT2D eigenvalue weighted by Crippen LogP contribution is -2.47. The molecule has 2 aliphatic heterocycles. The molecule has 8 heteroatoms. The van der Waals surface area contributed by atoms with Gasteiger partial charge in [0.1, 0.15) is 11.5 Å². The first-order chi connectivity index (χ1) is 14.8. The fourth-order valence-corrected chi connectivity index (χ4v) is 3.81. The molecule has 0 aliphatic carbocycles. The summed E-state index contributed by atoms with van der Waals surface area (Å²) in [5, 5.41) is 3.43. The largest absolute Gasteiger partial charge is 0.497 e. The summed E-state index contributed by atoms with van der Waals surface area (Å²) >= 11 is 0. The molecule has 0 spiro atoms. The van der Waals surface area contributed by atoms with E-state index in [1.807, 2.05) is 24.3 Å². The van der Waals surface area contributed by atoms with Crippen molar-refractivity contribution in [2.75, 3.05) is 53.1 Å². The molecule has 0 radical (unpaired) electrons. The highest BCUT2D eigenvalue weighted by Crippen LogP contribution is 2.19. The molecule has 1 N–H and O–H groups in total. The van der Waals surface area contributed by atoms with Gasteiger partial charge in [0.15, 0.2) is 5.96 Å². The van der Waals surface area contributed by atoms with Gasteiger partial charge in [-0.3, -0.25) is 4.99 Å². The second-order valence-electron chi connectivity index (χ2n) is 7.77. The Balaban J connectivity index is 0.00000341. The van der Waals surface area contributed by atoms with Crippen LogP contribution in [-0.2, 0) is 9.47 Å². The first kappa shape index (κ1) is 26.0. The third-order valence-electron chi connectivity index (χ3n) is 5.49. The lowest BCUT2D eigenvalue weighted by molar-refractivity contribution is -0.0367. The number of hydrogen-bond donors (Lipinski definition) is 1. The SMILES string of the molecule is CCNC(=NCCCOc1cccc(OC)c1)N1CCC(OCC2CCCO2)CC1.I. The van der Waals surface area contributed by atoms with E-state index in [4.69, 9.17) is 23.9 Å². The van der Waals surface area contributed by atoms with E-state index >= 15 is 0 Å². The molecule has 3 rings (SSSR count). The molecule has 2 aliphatic rings. The molecular formula is C23H38IN3O4. The van der Waals surface area contributed by atoms with E-state index in [0.717, 1.165) is 82.5 Å². The summed E-state index contributed by atoms with van der Waals surface area (Å²) in [5.41, 5.74) is 0. The minimum atomic E-state index is 0. The van der Waals surface area contributed by atoms with Crippen LogP contribution in [0.1, 0.15) is 39.0 Å². The Hall–Kier alpha value is -1.26. The third-order valence-corrected chi connectivity index (χ3v) is 5.49. The predicted octanol–water partition coefficient (Wildman–Crippen LogP) is 3.71. The summed E-state index contributed by atoms with van der Waals surface area (Å²) < 4.78 is 22.8. The van der Waals surface area contributed by atoms with Crippen LogP contribution in [0.3, 0.4) is 0 Å². The lowest BCUT2D eigenvalue weighted by Gasteiger charge is -2.34. The van der Waals surface area contributed by atoms with E-state index in [1.54, 1.807) is 7.11 Å². The van der Waals surface area contributed by atoms with Gasteiger partial charge >= 0.3 is 0 Å². The fourth-order valence-electron chi connectivity index (χ4n) is 3.81.